The molecule has 1 N–H and O–H groups in total. The highest BCUT2D eigenvalue weighted by molar-refractivity contribution is 6.33. The molecule has 1 amide bonds. The minimum atomic E-state index is -1.02. The van der Waals surface area contributed by atoms with E-state index in [2.05, 4.69) is 5.10 Å². The zero-order valence-electron chi connectivity index (χ0n) is 17.5. The first-order chi connectivity index (χ1) is 14.7. The fourth-order valence-corrected chi connectivity index (χ4v) is 3.35. The Hall–Kier alpha value is -3.93. The van der Waals surface area contributed by atoms with Crippen LogP contribution < -0.4 is 5.01 Å². The Kier molecular flexibility index (Phi) is 5.07. The third-order valence-corrected chi connectivity index (χ3v) is 4.92. The molecule has 2 heterocycles. The van der Waals surface area contributed by atoms with Gasteiger partial charge in [0.1, 0.15) is 11.5 Å². The van der Waals surface area contributed by atoms with Crippen LogP contribution in [0.4, 0.5) is 5.69 Å². The van der Waals surface area contributed by atoms with E-state index in [1.54, 1.807) is 18.2 Å². The summed E-state index contributed by atoms with van der Waals surface area (Å²) in [4.78, 5) is 24.4. The van der Waals surface area contributed by atoms with Crippen LogP contribution in [-0.2, 0) is 4.79 Å². The van der Waals surface area contributed by atoms with Gasteiger partial charge in [-0.1, -0.05) is 51.1 Å². The molecule has 1 aliphatic rings. The average Bonchev–Trinajstić information content (AvgIpc) is 3.34. The summed E-state index contributed by atoms with van der Waals surface area (Å²) >= 11 is 0. The highest BCUT2D eigenvalue weighted by Crippen LogP contribution is 2.33. The summed E-state index contributed by atoms with van der Waals surface area (Å²) in [5.41, 5.74) is 2.31. The van der Waals surface area contributed by atoms with Gasteiger partial charge in [-0.2, -0.15) is 10.1 Å². The van der Waals surface area contributed by atoms with E-state index in [4.69, 9.17) is 9.52 Å². The molecule has 0 radical (unpaired) electrons. The molecule has 0 fully saturated rings. The molecule has 0 atom stereocenters. The molecule has 0 saturated heterocycles. The maximum absolute atomic E-state index is 13.2. The Morgan fingerprint density at radius 1 is 1.00 bits per heavy atom. The number of amides is 1. The lowest BCUT2D eigenvalue weighted by molar-refractivity contribution is -0.114. The van der Waals surface area contributed by atoms with Crippen molar-refractivity contribution in [3.63, 3.8) is 0 Å². The Bertz CT molecular complexity index is 1200. The molecule has 4 rings (SSSR count). The largest absolute Gasteiger partial charge is 0.478 e. The monoisotopic (exact) mass is 414 g/mol. The highest BCUT2D eigenvalue weighted by Gasteiger charge is 2.37. The van der Waals surface area contributed by atoms with Gasteiger partial charge < -0.3 is 9.52 Å². The van der Waals surface area contributed by atoms with Crippen LogP contribution in [0.25, 0.3) is 17.4 Å². The van der Waals surface area contributed by atoms with E-state index in [0.29, 0.717) is 28.5 Å². The van der Waals surface area contributed by atoms with Gasteiger partial charge >= 0.3 is 5.97 Å². The van der Waals surface area contributed by atoms with Crippen molar-refractivity contribution < 1.29 is 19.1 Å². The van der Waals surface area contributed by atoms with E-state index in [9.17, 15) is 9.59 Å². The molecule has 0 bridgehead atoms. The molecule has 1 aromatic heterocycles. The summed E-state index contributed by atoms with van der Waals surface area (Å²) in [5.74, 6) is -0.0352. The number of aromatic carboxylic acids is 1. The minimum Gasteiger partial charge on any atom is -0.478 e. The smallest absolute Gasteiger partial charge is 0.335 e. The van der Waals surface area contributed by atoms with Crippen LogP contribution in [-0.4, -0.2) is 22.7 Å². The van der Waals surface area contributed by atoms with E-state index in [-0.39, 0.29) is 16.9 Å². The van der Waals surface area contributed by atoms with Gasteiger partial charge in [0.05, 0.1) is 22.5 Å². The number of hydrazone groups is 1. The maximum Gasteiger partial charge on any atom is 0.335 e. The van der Waals surface area contributed by atoms with Gasteiger partial charge in [0, 0.05) is 11.0 Å². The molecule has 0 spiro atoms. The predicted molar refractivity (Wildman–Crippen MR) is 120 cm³/mol. The lowest BCUT2D eigenvalue weighted by Gasteiger charge is -2.17. The number of nitrogens with zero attached hydrogens (tertiary/aromatic N) is 2. The maximum atomic E-state index is 13.2. The first-order valence-corrected chi connectivity index (χ1v) is 9.88. The van der Waals surface area contributed by atoms with Crippen molar-refractivity contribution in [2.24, 2.45) is 10.5 Å². The van der Waals surface area contributed by atoms with Crippen molar-refractivity contribution >= 4 is 29.4 Å². The van der Waals surface area contributed by atoms with Gasteiger partial charge in [-0.25, -0.2) is 4.79 Å². The first kappa shape index (κ1) is 20.3. The van der Waals surface area contributed by atoms with E-state index in [1.807, 2.05) is 63.2 Å². The van der Waals surface area contributed by atoms with Crippen LogP contribution in [0.5, 0.6) is 0 Å². The molecule has 31 heavy (non-hydrogen) atoms. The number of rotatable bonds is 4. The third kappa shape index (κ3) is 4.05. The molecular weight excluding hydrogens is 392 g/mol. The van der Waals surface area contributed by atoms with Gasteiger partial charge in [-0.3, -0.25) is 4.79 Å². The van der Waals surface area contributed by atoms with Gasteiger partial charge in [-0.15, -0.1) is 0 Å². The molecule has 2 aromatic carbocycles. The van der Waals surface area contributed by atoms with E-state index < -0.39 is 5.97 Å². The van der Waals surface area contributed by atoms with Crippen molar-refractivity contribution in [2.45, 2.75) is 20.8 Å². The Morgan fingerprint density at radius 2 is 1.68 bits per heavy atom. The van der Waals surface area contributed by atoms with Crippen LogP contribution in [0.1, 0.15) is 36.9 Å². The van der Waals surface area contributed by atoms with Gasteiger partial charge in [-0.05, 0) is 42.5 Å². The van der Waals surface area contributed by atoms with Crippen LogP contribution >= 0.6 is 0 Å². The number of carbonyl (C=O) groups is 2. The average molecular weight is 414 g/mol. The fraction of sp³-hybridized carbons (Fsp3) is 0.160. The summed E-state index contributed by atoms with van der Waals surface area (Å²) in [6.07, 6.45) is 1.71. The van der Waals surface area contributed by atoms with E-state index in [0.717, 1.165) is 5.56 Å². The van der Waals surface area contributed by atoms with Crippen molar-refractivity contribution in [1.29, 1.82) is 0 Å². The second-order valence-corrected chi connectivity index (χ2v) is 8.29. The zero-order valence-corrected chi connectivity index (χ0v) is 17.5. The summed E-state index contributed by atoms with van der Waals surface area (Å²) < 4.78 is 5.96. The number of anilines is 1. The fourth-order valence-electron chi connectivity index (χ4n) is 3.35. The number of benzene rings is 2. The summed E-state index contributed by atoms with van der Waals surface area (Å²) in [6, 6.07) is 19.5. The van der Waals surface area contributed by atoms with Crippen molar-refractivity contribution in [2.75, 3.05) is 5.01 Å². The quantitative estimate of drug-likeness (QED) is 0.573. The second kappa shape index (κ2) is 7.72. The number of furan rings is 1. The molecule has 3 aromatic rings. The van der Waals surface area contributed by atoms with E-state index in [1.165, 1.54) is 17.1 Å². The Morgan fingerprint density at radius 3 is 2.29 bits per heavy atom. The Labute approximate surface area is 180 Å². The van der Waals surface area contributed by atoms with Gasteiger partial charge in [0.25, 0.3) is 5.91 Å². The summed E-state index contributed by atoms with van der Waals surface area (Å²) in [7, 11) is 0. The number of carbonyl (C=O) groups excluding carboxylic acids is 1. The molecule has 6 heteroatoms. The number of carboxylic acids is 1. The predicted octanol–water partition coefficient (Wildman–Crippen LogP) is 5.48. The first-order valence-electron chi connectivity index (χ1n) is 9.88. The highest BCUT2D eigenvalue weighted by atomic mass is 16.4. The van der Waals surface area contributed by atoms with Crippen molar-refractivity contribution in [3.8, 4) is 11.3 Å². The number of carboxylic acid groups (broad SMARTS) is 1. The third-order valence-electron chi connectivity index (χ3n) is 4.92. The van der Waals surface area contributed by atoms with Gasteiger partial charge in [0.15, 0.2) is 0 Å². The lowest BCUT2D eigenvalue weighted by atomic mass is 9.85. The molecule has 6 nitrogen and oxygen atoms in total. The van der Waals surface area contributed by atoms with Gasteiger partial charge in [0.2, 0.25) is 0 Å². The zero-order chi connectivity index (χ0) is 22.2. The molecule has 0 saturated carbocycles. The summed E-state index contributed by atoms with van der Waals surface area (Å²) in [5, 5.41) is 15.0. The summed E-state index contributed by atoms with van der Waals surface area (Å²) in [6.45, 7) is 5.96. The SMILES string of the molecule is CC(C)(C)C1=NN(c2ccc(C(=O)O)cc2)C(=O)/C1=C\c1ccc(-c2ccccc2)o1. The molecule has 156 valence electrons. The van der Waals surface area contributed by atoms with Crippen LogP contribution in [0, 0.1) is 5.41 Å². The van der Waals surface area contributed by atoms with Crippen molar-refractivity contribution in [3.05, 3.63) is 83.6 Å². The topological polar surface area (TPSA) is 83.1 Å². The minimum absolute atomic E-state index is 0.148. The lowest BCUT2D eigenvalue weighted by Crippen LogP contribution is -2.24. The van der Waals surface area contributed by atoms with Crippen molar-refractivity contribution in [1.82, 2.24) is 0 Å². The Balaban J connectivity index is 1.70. The molecule has 0 unspecified atom stereocenters. The number of hydrogen-bond acceptors (Lipinski definition) is 4. The normalized spacial score (nSPS) is 15.5. The van der Waals surface area contributed by atoms with E-state index >= 15 is 0 Å². The molecule has 0 aliphatic carbocycles. The standard InChI is InChI=1S/C25H22N2O4/c1-25(2,3)22-20(15-19-13-14-21(31-19)16-7-5-4-6-8-16)23(28)27(26-22)18-11-9-17(10-12-18)24(29)30/h4-15H,1-3H3,(H,29,30)/b20-15-. The van der Waals surface area contributed by atoms with Crippen LogP contribution in [0.2, 0.25) is 0 Å². The number of hydrogen-bond donors (Lipinski definition) is 1. The molecular formula is C25H22N2O4. The molecule has 1 aliphatic heterocycles. The van der Waals surface area contributed by atoms with Crippen LogP contribution in [0.15, 0.2) is 81.8 Å². The van der Waals surface area contributed by atoms with Crippen LogP contribution in [0.3, 0.4) is 0 Å². The second-order valence-electron chi connectivity index (χ2n) is 8.29.